The summed E-state index contributed by atoms with van der Waals surface area (Å²) in [6.45, 7) is 3.54. The van der Waals surface area contributed by atoms with Crippen molar-refractivity contribution in [1.29, 1.82) is 0 Å². The summed E-state index contributed by atoms with van der Waals surface area (Å²) in [5.41, 5.74) is 1.76. The summed E-state index contributed by atoms with van der Waals surface area (Å²) in [6, 6.07) is 7.04. The molecule has 1 aliphatic rings. The summed E-state index contributed by atoms with van der Waals surface area (Å²) < 4.78 is 13.9. The quantitative estimate of drug-likeness (QED) is 0.942. The van der Waals surface area contributed by atoms with E-state index in [4.69, 9.17) is 0 Å². The van der Waals surface area contributed by atoms with Crippen molar-refractivity contribution in [2.75, 3.05) is 6.54 Å². The molecule has 2 unspecified atom stereocenters. The van der Waals surface area contributed by atoms with Crippen LogP contribution < -0.4 is 0 Å². The standard InChI is InChI=1S/C17H21FN2O/c1-12(21)16-6-2-3-10-20(16)11-13-7-8-15(18)14-5-4-9-19-17(13)14/h4-5,7-9,12,16,21H,2-3,6,10-11H2,1H3. The summed E-state index contributed by atoms with van der Waals surface area (Å²) in [5.74, 6) is -0.229. The van der Waals surface area contributed by atoms with Gasteiger partial charge in [-0.3, -0.25) is 9.88 Å². The van der Waals surface area contributed by atoms with Crippen molar-refractivity contribution in [2.45, 2.75) is 44.9 Å². The van der Waals surface area contributed by atoms with E-state index in [0.29, 0.717) is 11.9 Å². The molecule has 1 fully saturated rings. The van der Waals surface area contributed by atoms with Gasteiger partial charge in [-0.15, -0.1) is 0 Å². The van der Waals surface area contributed by atoms with Crippen LogP contribution in [-0.2, 0) is 6.54 Å². The lowest BCUT2D eigenvalue weighted by Crippen LogP contribution is -2.45. The third-order valence-corrected chi connectivity index (χ3v) is 4.39. The fourth-order valence-electron chi connectivity index (χ4n) is 3.30. The van der Waals surface area contributed by atoms with Gasteiger partial charge in [0.25, 0.3) is 0 Å². The Morgan fingerprint density at radius 1 is 1.38 bits per heavy atom. The Morgan fingerprint density at radius 2 is 2.24 bits per heavy atom. The number of halogens is 1. The van der Waals surface area contributed by atoms with Crippen LogP contribution in [0.25, 0.3) is 10.9 Å². The number of aromatic nitrogens is 1. The first-order valence-electron chi connectivity index (χ1n) is 7.61. The Bertz CT molecular complexity index is 629. The van der Waals surface area contributed by atoms with Crippen molar-refractivity contribution in [3.8, 4) is 0 Å². The number of likely N-dealkylation sites (tertiary alicyclic amines) is 1. The van der Waals surface area contributed by atoms with E-state index >= 15 is 0 Å². The van der Waals surface area contributed by atoms with Gasteiger partial charge in [0.15, 0.2) is 0 Å². The molecule has 1 aliphatic heterocycles. The molecule has 2 aromatic rings. The van der Waals surface area contributed by atoms with E-state index in [1.165, 1.54) is 6.07 Å². The zero-order valence-electron chi connectivity index (χ0n) is 12.3. The highest BCUT2D eigenvalue weighted by molar-refractivity contribution is 5.82. The molecular formula is C17H21FN2O. The van der Waals surface area contributed by atoms with Crippen LogP contribution in [0.4, 0.5) is 4.39 Å². The first-order valence-corrected chi connectivity index (χ1v) is 7.61. The molecule has 0 amide bonds. The van der Waals surface area contributed by atoms with E-state index in [0.717, 1.165) is 36.9 Å². The number of benzene rings is 1. The van der Waals surface area contributed by atoms with Gasteiger partial charge in [0.05, 0.1) is 11.6 Å². The van der Waals surface area contributed by atoms with Gasteiger partial charge in [0, 0.05) is 24.2 Å². The van der Waals surface area contributed by atoms with Crippen LogP contribution in [0.2, 0.25) is 0 Å². The Balaban J connectivity index is 1.92. The maximum absolute atomic E-state index is 13.9. The molecule has 0 spiro atoms. The first kappa shape index (κ1) is 14.4. The Morgan fingerprint density at radius 3 is 3.05 bits per heavy atom. The minimum absolute atomic E-state index is 0.183. The van der Waals surface area contributed by atoms with Gasteiger partial charge in [-0.2, -0.15) is 0 Å². The highest BCUT2D eigenvalue weighted by Crippen LogP contribution is 2.25. The highest BCUT2D eigenvalue weighted by atomic mass is 19.1. The zero-order chi connectivity index (χ0) is 14.8. The molecule has 0 aliphatic carbocycles. The number of rotatable bonds is 3. The predicted molar refractivity (Wildman–Crippen MR) is 81.4 cm³/mol. The smallest absolute Gasteiger partial charge is 0.132 e. The van der Waals surface area contributed by atoms with Crippen LogP contribution in [0.1, 0.15) is 31.7 Å². The van der Waals surface area contributed by atoms with Crippen LogP contribution in [-0.4, -0.2) is 33.7 Å². The van der Waals surface area contributed by atoms with Crippen molar-refractivity contribution in [2.24, 2.45) is 0 Å². The average molecular weight is 288 g/mol. The second-order valence-corrected chi connectivity index (χ2v) is 5.88. The number of pyridine rings is 1. The van der Waals surface area contributed by atoms with E-state index in [9.17, 15) is 9.50 Å². The van der Waals surface area contributed by atoms with Gasteiger partial charge in [-0.05, 0) is 50.1 Å². The van der Waals surface area contributed by atoms with Gasteiger partial charge < -0.3 is 5.11 Å². The molecule has 0 radical (unpaired) electrons. The molecule has 1 saturated heterocycles. The monoisotopic (exact) mass is 288 g/mol. The van der Waals surface area contributed by atoms with Crippen LogP contribution >= 0.6 is 0 Å². The number of hydrogen-bond acceptors (Lipinski definition) is 3. The van der Waals surface area contributed by atoms with Gasteiger partial charge in [0.1, 0.15) is 5.82 Å². The number of aliphatic hydroxyl groups excluding tert-OH is 1. The molecule has 1 N–H and O–H groups in total. The van der Waals surface area contributed by atoms with Crippen LogP contribution in [0, 0.1) is 5.82 Å². The second-order valence-electron chi connectivity index (χ2n) is 5.88. The summed E-state index contributed by atoms with van der Waals surface area (Å²) in [6.07, 6.45) is 4.69. The molecule has 2 atom stereocenters. The minimum Gasteiger partial charge on any atom is -0.392 e. The molecule has 2 heterocycles. The number of aliphatic hydroxyl groups is 1. The Kier molecular flexibility index (Phi) is 4.17. The van der Waals surface area contributed by atoms with Crippen LogP contribution in [0.3, 0.4) is 0 Å². The summed E-state index contributed by atoms with van der Waals surface area (Å²) >= 11 is 0. The van der Waals surface area contributed by atoms with Gasteiger partial charge >= 0.3 is 0 Å². The van der Waals surface area contributed by atoms with E-state index in [1.807, 2.05) is 13.0 Å². The largest absolute Gasteiger partial charge is 0.392 e. The van der Waals surface area contributed by atoms with Crippen molar-refractivity contribution in [3.05, 3.63) is 41.8 Å². The highest BCUT2D eigenvalue weighted by Gasteiger charge is 2.26. The SMILES string of the molecule is CC(O)C1CCCCN1Cc1ccc(F)c2cccnc12. The van der Waals surface area contributed by atoms with Crippen molar-refractivity contribution in [3.63, 3.8) is 0 Å². The van der Waals surface area contributed by atoms with Crippen LogP contribution in [0.15, 0.2) is 30.5 Å². The molecule has 4 heteroatoms. The average Bonchev–Trinajstić information content (AvgIpc) is 2.51. The number of piperidine rings is 1. The summed E-state index contributed by atoms with van der Waals surface area (Å²) in [7, 11) is 0. The van der Waals surface area contributed by atoms with E-state index in [2.05, 4.69) is 9.88 Å². The number of nitrogens with zero attached hydrogens (tertiary/aromatic N) is 2. The second kappa shape index (κ2) is 6.08. The van der Waals surface area contributed by atoms with Gasteiger partial charge in [-0.25, -0.2) is 4.39 Å². The molecule has 3 nitrogen and oxygen atoms in total. The van der Waals surface area contributed by atoms with Gasteiger partial charge in [-0.1, -0.05) is 12.5 Å². The topological polar surface area (TPSA) is 36.4 Å². The number of hydrogen-bond donors (Lipinski definition) is 1. The molecule has 21 heavy (non-hydrogen) atoms. The Hall–Kier alpha value is -1.52. The lowest BCUT2D eigenvalue weighted by Gasteiger charge is -2.37. The van der Waals surface area contributed by atoms with Crippen molar-refractivity contribution >= 4 is 10.9 Å². The molecule has 3 rings (SSSR count). The molecule has 1 aromatic carbocycles. The summed E-state index contributed by atoms with van der Waals surface area (Å²) in [4.78, 5) is 6.65. The normalized spacial score (nSPS) is 21.6. The van der Waals surface area contributed by atoms with Gasteiger partial charge in [0.2, 0.25) is 0 Å². The maximum Gasteiger partial charge on any atom is 0.132 e. The molecule has 112 valence electrons. The van der Waals surface area contributed by atoms with E-state index < -0.39 is 0 Å². The molecular weight excluding hydrogens is 267 g/mol. The predicted octanol–water partition coefficient (Wildman–Crippen LogP) is 3.11. The zero-order valence-corrected chi connectivity index (χ0v) is 12.3. The number of fused-ring (bicyclic) bond motifs is 1. The minimum atomic E-state index is -0.343. The lowest BCUT2D eigenvalue weighted by atomic mass is 9.97. The maximum atomic E-state index is 13.9. The third-order valence-electron chi connectivity index (χ3n) is 4.39. The fourth-order valence-corrected chi connectivity index (χ4v) is 3.30. The van der Waals surface area contributed by atoms with E-state index in [-0.39, 0.29) is 18.0 Å². The van der Waals surface area contributed by atoms with Crippen molar-refractivity contribution < 1.29 is 9.50 Å². The summed E-state index contributed by atoms with van der Waals surface area (Å²) in [5, 5.41) is 10.5. The van der Waals surface area contributed by atoms with Crippen LogP contribution in [0.5, 0.6) is 0 Å². The first-order chi connectivity index (χ1) is 10.2. The molecule has 0 saturated carbocycles. The van der Waals surface area contributed by atoms with Crippen molar-refractivity contribution in [1.82, 2.24) is 9.88 Å². The third kappa shape index (κ3) is 2.92. The fraction of sp³-hybridized carbons (Fsp3) is 0.471. The Labute approximate surface area is 124 Å². The van der Waals surface area contributed by atoms with E-state index in [1.54, 1.807) is 18.3 Å². The molecule has 0 bridgehead atoms. The lowest BCUT2D eigenvalue weighted by molar-refractivity contribution is 0.0319. The molecule has 1 aromatic heterocycles.